The van der Waals surface area contributed by atoms with E-state index in [9.17, 15) is 0 Å². The monoisotopic (exact) mass is 457 g/mol. The van der Waals surface area contributed by atoms with Gasteiger partial charge in [-0.3, -0.25) is 0 Å². The number of halogens is 1. The van der Waals surface area contributed by atoms with E-state index in [2.05, 4.69) is 45.6 Å². The Morgan fingerprint density at radius 3 is 2.77 bits per heavy atom. The Labute approximate surface area is 196 Å². The molecule has 1 saturated carbocycles. The Morgan fingerprint density at radius 1 is 1.23 bits per heavy atom. The lowest BCUT2D eigenvalue weighted by molar-refractivity contribution is 0.435. The Balaban J connectivity index is 1.42. The van der Waals surface area contributed by atoms with Crippen LogP contribution in [0.3, 0.4) is 0 Å². The molecule has 0 bridgehead atoms. The summed E-state index contributed by atoms with van der Waals surface area (Å²) in [6.45, 7) is 7.18. The van der Waals surface area contributed by atoms with E-state index in [1.165, 1.54) is 31.2 Å². The van der Waals surface area contributed by atoms with Crippen molar-refractivity contribution in [2.75, 3.05) is 29.9 Å². The first kappa shape index (κ1) is 22.3. The summed E-state index contributed by atoms with van der Waals surface area (Å²) in [6, 6.07) is 10.3. The third-order valence-corrected chi connectivity index (χ3v) is 7.11. The minimum Gasteiger partial charge on any atom is -0.361 e. The maximum atomic E-state index is 6.28. The molecule has 1 aromatic carbocycles. The number of hydrogen-bond donors (Lipinski definition) is 2. The number of aryl methyl sites for hydroxylation is 1. The smallest absolute Gasteiger partial charge is 0.231 e. The SMILES string of the molecule is Cc1cc(N2CCC[C@H](C)C2)nc(NC(=S)NCC2(c3cccc(Cl)c3)CCCC2)n1. The molecule has 31 heavy (non-hydrogen) atoms. The fourth-order valence-corrected chi connectivity index (χ4v) is 5.35. The van der Waals surface area contributed by atoms with Crippen LogP contribution < -0.4 is 15.5 Å². The van der Waals surface area contributed by atoms with Gasteiger partial charge in [0.25, 0.3) is 0 Å². The minimum absolute atomic E-state index is 0.0687. The van der Waals surface area contributed by atoms with Gasteiger partial charge in [0.05, 0.1) is 0 Å². The molecule has 2 aliphatic rings. The minimum atomic E-state index is 0.0687. The molecule has 7 heteroatoms. The Morgan fingerprint density at radius 2 is 2.03 bits per heavy atom. The van der Waals surface area contributed by atoms with Crippen LogP contribution in [0.25, 0.3) is 0 Å². The summed E-state index contributed by atoms with van der Waals surface area (Å²) in [5.41, 5.74) is 2.31. The van der Waals surface area contributed by atoms with Crippen LogP contribution in [0.5, 0.6) is 0 Å². The molecule has 166 valence electrons. The highest BCUT2D eigenvalue weighted by molar-refractivity contribution is 7.80. The third-order valence-electron chi connectivity index (χ3n) is 6.63. The molecule has 1 saturated heterocycles. The predicted octanol–water partition coefficient (Wildman–Crippen LogP) is 5.47. The van der Waals surface area contributed by atoms with E-state index in [1.54, 1.807) is 0 Å². The average Bonchev–Trinajstić information content (AvgIpc) is 3.22. The van der Waals surface area contributed by atoms with Crippen LogP contribution in [0.2, 0.25) is 5.02 Å². The van der Waals surface area contributed by atoms with Crippen molar-refractivity contribution in [1.29, 1.82) is 0 Å². The molecule has 1 aromatic heterocycles. The molecular weight excluding hydrogens is 426 g/mol. The molecular formula is C24H32ClN5S. The molecule has 0 radical (unpaired) electrons. The molecule has 1 aliphatic heterocycles. The van der Waals surface area contributed by atoms with Crippen LogP contribution in [0.1, 0.15) is 56.7 Å². The summed E-state index contributed by atoms with van der Waals surface area (Å²) in [5.74, 6) is 2.24. The lowest BCUT2D eigenvalue weighted by Gasteiger charge is -2.32. The highest BCUT2D eigenvalue weighted by atomic mass is 35.5. The average molecular weight is 458 g/mol. The van der Waals surface area contributed by atoms with E-state index < -0.39 is 0 Å². The second-order valence-corrected chi connectivity index (χ2v) is 10.0. The van der Waals surface area contributed by atoms with E-state index in [0.29, 0.717) is 17.0 Å². The molecule has 4 rings (SSSR count). The number of benzene rings is 1. The van der Waals surface area contributed by atoms with Crippen molar-refractivity contribution >= 4 is 40.7 Å². The van der Waals surface area contributed by atoms with Gasteiger partial charge in [0, 0.05) is 41.8 Å². The van der Waals surface area contributed by atoms with Crippen LogP contribution in [0.4, 0.5) is 11.8 Å². The molecule has 0 amide bonds. The normalized spacial score (nSPS) is 20.5. The van der Waals surface area contributed by atoms with Crippen molar-refractivity contribution in [2.45, 2.75) is 57.8 Å². The number of nitrogens with zero attached hydrogens (tertiary/aromatic N) is 3. The molecule has 0 spiro atoms. The quantitative estimate of drug-likeness (QED) is 0.580. The molecule has 1 aliphatic carbocycles. The number of piperidine rings is 1. The van der Waals surface area contributed by atoms with Gasteiger partial charge in [-0.2, -0.15) is 4.98 Å². The lowest BCUT2D eigenvalue weighted by atomic mass is 9.79. The van der Waals surface area contributed by atoms with E-state index in [4.69, 9.17) is 28.8 Å². The summed E-state index contributed by atoms with van der Waals surface area (Å²) < 4.78 is 0. The number of anilines is 2. The van der Waals surface area contributed by atoms with Crippen LogP contribution in [-0.4, -0.2) is 34.7 Å². The fourth-order valence-electron chi connectivity index (χ4n) is 5.00. The molecule has 2 heterocycles. The zero-order chi connectivity index (χ0) is 21.8. The van der Waals surface area contributed by atoms with Gasteiger partial charge in [-0.25, -0.2) is 4.98 Å². The van der Waals surface area contributed by atoms with E-state index in [1.807, 2.05) is 19.1 Å². The number of hydrogen-bond acceptors (Lipinski definition) is 4. The summed E-state index contributed by atoms with van der Waals surface area (Å²) in [7, 11) is 0. The van der Waals surface area contributed by atoms with Gasteiger partial charge in [-0.05, 0) is 68.4 Å². The number of rotatable bonds is 5. The third kappa shape index (κ3) is 5.47. The molecule has 2 N–H and O–H groups in total. The number of aromatic nitrogens is 2. The first-order chi connectivity index (χ1) is 14.9. The first-order valence-electron chi connectivity index (χ1n) is 11.4. The van der Waals surface area contributed by atoms with Gasteiger partial charge in [-0.15, -0.1) is 0 Å². The topological polar surface area (TPSA) is 53.1 Å². The van der Waals surface area contributed by atoms with Crippen molar-refractivity contribution in [3.05, 3.63) is 46.6 Å². The van der Waals surface area contributed by atoms with Crippen LogP contribution in [0.15, 0.2) is 30.3 Å². The van der Waals surface area contributed by atoms with Gasteiger partial charge in [-0.1, -0.05) is 43.5 Å². The van der Waals surface area contributed by atoms with Gasteiger partial charge in [0.15, 0.2) is 5.11 Å². The molecule has 2 aromatic rings. The van der Waals surface area contributed by atoms with Gasteiger partial charge < -0.3 is 15.5 Å². The molecule has 0 unspecified atom stereocenters. The number of thiocarbonyl (C=S) groups is 1. The fraction of sp³-hybridized carbons (Fsp3) is 0.542. The largest absolute Gasteiger partial charge is 0.361 e. The van der Waals surface area contributed by atoms with E-state index in [0.717, 1.165) is 49.0 Å². The Hall–Kier alpha value is -1.92. The van der Waals surface area contributed by atoms with Gasteiger partial charge in [0.1, 0.15) is 5.82 Å². The summed E-state index contributed by atoms with van der Waals surface area (Å²) in [4.78, 5) is 11.7. The van der Waals surface area contributed by atoms with Crippen molar-refractivity contribution in [1.82, 2.24) is 15.3 Å². The molecule has 1 atom stereocenters. The van der Waals surface area contributed by atoms with E-state index in [-0.39, 0.29) is 5.41 Å². The van der Waals surface area contributed by atoms with E-state index >= 15 is 0 Å². The second kappa shape index (κ2) is 9.70. The second-order valence-electron chi connectivity index (χ2n) is 9.19. The summed E-state index contributed by atoms with van der Waals surface area (Å²) >= 11 is 11.9. The summed E-state index contributed by atoms with van der Waals surface area (Å²) in [5, 5.41) is 8.02. The first-order valence-corrected chi connectivity index (χ1v) is 12.1. The predicted molar refractivity (Wildman–Crippen MR) is 133 cm³/mol. The Bertz CT molecular complexity index is 928. The highest BCUT2D eigenvalue weighted by Gasteiger charge is 2.35. The molecule has 2 fully saturated rings. The van der Waals surface area contributed by atoms with Crippen molar-refractivity contribution in [2.24, 2.45) is 5.92 Å². The van der Waals surface area contributed by atoms with Gasteiger partial charge >= 0.3 is 0 Å². The standard InChI is InChI=1S/C24H32ClN5S/c1-17-7-6-12-30(15-17)21-13-18(2)27-22(28-21)29-23(31)26-16-24(10-3-4-11-24)19-8-5-9-20(25)14-19/h5,8-9,13-14,17H,3-4,6-7,10-12,15-16H2,1-2H3,(H2,26,27,28,29,31)/t17-/m0/s1. The van der Waals surface area contributed by atoms with Crippen molar-refractivity contribution < 1.29 is 0 Å². The molecule has 5 nitrogen and oxygen atoms in total. The van der Waals surface area contributed by atoms with Crippen molar-refractivity contribution in [3.8, 4) is 0 Å². The van der Waals surface area contributed by atoms with Gasteiger partial charge in [0.2, 0.25) is 5.95 Å². The highest BCUT2D eigenvalue weighted by Crippen LogP contribution is 2.41. The van der Waals surface area contributed by atoms with Crippen LogP contribution >= 0.6 is 23.8 Å². The summed E-state index contributed by atoms with van der Waals surface area (Å²) in [6.07, 6.45) is 7.23. The lowest BCUT2D eigenvalue weighted by Crippen LogP contribution is -2.41. The number of nitrogens with one attached hydrogen (secondary N) is 2. The maximum absolute atomic E-state index is 6.28. The maximum Gasteiger partial charge on any atom is 0.231 e. The van der Waals surface area contributed by atoms with Crippen LogP contribution in [-0.2, 0) is 5.41 Å². The van der Waals surface area contributed by atoms with Crippen LogP contribution in [0, 0.1) is 12.8 Å². The zero-order valence-corrected chi connectivity index (χ0v) is 20.0. The van der Waals surface area contributed by atoms with Crippen molar-refractivity contribution in [3.63, 3.8) is 0 Å². The Kier molecular flexibility index (Phi) is 6.97. The zero-order valence-electron chi connectivity index (χ0n) is 18.5.